The Labute approximate surface area is 103 Å². The molecule has 1 fully saturated rings. The van der Waals surface area contributed by atoms with Crippen LogP contribution in [0.2, 0.25) is 0 Å². The molecule has 1 aliphatic rings. The highest BCUT2D eigenvalue weighted by atomic mass is 16.2. The van der Waals surface area contributed by atoms with E-state index in [0.717, 1.165) is 48.3 Å². The van der Waals surface area contributed by atoms with Gasteiger partial charge in [0.05, 0.1) is 0 Å². The maximum absolute atomic E-state index is 12.0. The van der Waals surface area contributed by atoms with Gasteiger partial charge in [-0.15, -0.1) is 0 Å². The van der Waals surface area contributed by atoms with Crippen LogP contribution in [0.4, 0.5) is 11.4 Å². The van der Waals surface area contributed by atoms with Gasteiger partial charge in [-0.05, 0) is 43.9 Å². The van der Waals surface area contributed by atoms with Crippen molar-refractivity contribution in [2.75, 3.05) is 17.2 Å². The Kier molecular flexibility index (Phi) is 3.36. The Morgan fingerprint density at radius 1 is 1.12 bits per heavy atom. The predicted octanol–water partition coefficient (Wildman–Crippen LogP) is 2.79. The number of nitrogens with two attached hydrogens (primary N) is 1. The van der Waals surface area contributed by atoms with Gasteiger partial charge < -0.3 is 10.6 Å². The Hall–Kier alpha value is -1.51. The van der Waals surface area contributed by atoms with Crippen molar-refractivity contribution in [1.29, 1.82) is 0 Å². The molecule has 0 radical (unpaired) electrons. The number of carbonyl (C=O) groups excluding carboxylic acids is 1. The zero-order chi connectivity index (χ0) is 12.4. The minimum absolute atomic E-state index is 0.230. The summed E-state index contributed by atoms with van der Waals surface area (Å²) >= 11 is 0. The van der Waals surface area contributed by atoms with E-state index < -0.39 is 0 Å². The highest BCUT2D eigenvalue weighted by Crippen LogP contribution is 2.28. The molecule has 1 heterocycles. The van der Waals surface area contributed by atoms with E-state index in [9.17, 15) is 4.79 Å². The lowest BCUT2D eigenvalue weighted by atomic mass is 10.1. The standard InChI is InChI=1S/C14H20N2O/c1-10-8-11(2)13(9-12(10)15)16-7-5-3-4-6-14(16)17/h8-9H,3-7,15H2,1-2H3. The molecule has 92 valence electrons. The molecule has 1 amide bonds. The van der Waals surface area contributed by atoms with Crippen molar-refractivity contribution in [3.63, 3.8) is 0 Å². The van der Waals surface area contributed by atoms with Crippen molar-refractivity contribution in [1.82, 2.24) is 0 Å². The van der Waals surface area contributed by atoms with Crippen LogP contribution in [-0.4, -0.2) is 12.5 Å². The summed E-state index contributed by atoms with van der Waals surface area (Å²) in [5, 5.41) is 0. The van der Waals surface area contributed by atoms with Crippen molar-refractivity contribution in [2.45, 2.75) is 39.5 Å². The molecule has 3 nitrogen and oxygen atoms in total. The molecule has 3 heteroatoms. The molecule has 0 saturated carbocycles. The summed E-state index contributed by atoms with van der Waals surface area (Å²) in [5.41, 5.74) is 9.90. The number of aryl methyl sites for hydroxylation is 2. The van der Waals surface area contributed by atoms with Crippen LogP contribution in [0.5, 0.6) is 0 Å². The number of amides is 1. The summed E-state index contributed by atoms with van der Waals surface area (Å²) in [7, 11) is 0. The lowest BCUT2D eigenvalue weighted by molar-refractivity contribution is -0.118. The van der Waals surface area contributed by atoms with Gasteiger partial charge in [-0.3, -0.25) is 4.79 Å². The Morgan fingerprint density at radius 2 is 1.88 bits per heavy atom. The number of hydrogen-bond acceptors (Lipinski definition) is 2. The number of rotatable bonds is 1. The minimum Gasteiger partial charge on any atom is -0.398 e. The largest absolute Gasteiger partial charge is 0.398 e. The van der Waals surface area contributed by atoms with Gasteiger partial charge in [0.2, 0.25) is 5.91 Å². The van der Waals surface area contributed by atoms with Crippen LogP contribution in [-0.2, 0) is 4.79 Å². The van der Waals surface area contributed by atoms with Gasteiger partial charge in [-0.2, -0.15) is 0 Å². The molecular formula is C14H20N2O. The Morgan fingerprint density at radius 3 is 2.65 bits per heavy atom. The summed E-state index contributed by atoms with van der Waals surface area (Å²) in [5.74, 6) is 0.230. The second-order valence-corrected chi connectivity index (χ2v) is 4.85. The van der Waals surface area contributed by atoms with Crippen LogP contribution in [0.3, 0.4) is 0 Å². The highest BCUT2D eigenvalue weighted by Gasteiger charge is 2.20. The third-order valence-corrected chi connectivity index (χ3v) is 3.45. The summed E-state index contributed by atoms with van der Waals surface area (Å²) in [4.78, 5) is 13.9. The second kappa shape index (κ2) is 4.78. The van der Waals surface area contributed by atoms with E-state index in [4.69, 9.17) is 5.73 Å². The van der Waals surface area contributed by atoms with E-state index in [1.165, 1.54) is 0 Å². The summed E-state index contributed by atoms with van der Waals surface area (Å²) < 4.78 is 0. The molecular weight excluding hydrogens is 212 g/mol. The molecule has 1 saturated heterocycles. The number of hydrogen-bond donors (Lipinski definition) is 1. The fraction of sp³-hybridized carbons (Fsp3) is 0.500. The number of carbonyl (C=O) groups is 1. The van der Waals surface area contributed by atoms with Crippen LogP contribution >= 0.6 is 0 Å². The van der Waals surface area contributed by atoms with E-state index in [0.29, 0.717) is 6.42 Å². The van der Waals surface area contributed by atoms with Crippen molar-refractivity contribution in [2.24, 2.45) is 0 Å². The Balaban J connectivity index is 2.37. The maximum Gasteiger partial charge on any atom is 0.226 e. The molecule has 0 aromatic heterocycles. The first-order valence-corrected chi connectivity index (χ1v) is 6.26. The Bertz CT molecular complexity index is 440. The highest BCUT2D eigenvalue weighted by molar-refractivity contribution is 5.95. The lowest BCUT2D eigenvalue weighted by Crippen LogP contribution is -2.30. The van der Waals surface area contributed by atoms with Crippen LogP contribution in [0.25, 0.3) is 0 Å². The van der Waals surface area contributed by atoms with E-state index in [2.05, 4.69) is 6.07 Å². The number of nitrogen functional groups attached to an aromatic ring is 1. The topological polar surface area (TPSA) is 46.3 Å². The molecule has 2 N–H and O–H groups in total. The van der Waals surface area contributed by atoms with Gasteiger partial charge >= 0.3 is 0 Å². The molecule has 0 bridgehead atoms. The molecule has 0 unspecified atom stereocenters. The van der Waals surface area contributed by atoms with Crippen molar-refractivity contribution in [3.8, 4) is 0 Å². The van der Waals surface area contributed by atoms with Gasteiger partial charge in [-0.1, -0.05) is 12.5 Å². The molecule has 0 aliphatic carbocycles. The van der Waals surface area contributed by atoms with Gasteiger partial charge in [-0.25, -0.2) is 0 Å². The third kappa shape index (κ3) is 2.43. The van der Waals surface area contributed by atoms with Gasteiger partial charge in [0.15, 0.2) is 0 Å². The molecule has 1 aromatic carbocycles. The fourth-order valence-electron chi connectivity index (χ4n) is 2.39. The zero-order valence-corrected chi connectivity index (χ0v) is 10.6. The van der Waals surface area contributed by atoms with E-state index in [1.807, 2.05) is 24.8 Å². The second-order valence-electron chi connectivity index (χ2n) is 4.85. The molecule has 17 heavy (non-hydrogen) atoms. The minimum atomic E-state index is 0.230. The first-order chi connectivity index (χ1) is 8.09. The van der Waals surface area contributed by atoms with Crippen molar-refractivity contribution < 1.29 is 4.79 Å². The fourth-order valence-corrected chi connectivity index (χ4v) is 2.39. The summed E-state index contributed by atoms with van der Waals surface area (Å²) in [6, 6.07) is 4.00. The quantitative estimate of drug-likeness (QED) is 0.757. The van der Waals surface area contributed by atoms with E-state index in [-0.39, 0.29) is 5.91 Å². The summed E-state index contributed by atoms with van der Waals surface area (Å²) in [6.07, 6.45) is 3.89. The van der Waals surface area contributed by atoms with Gasteiger partial charge in [0, 0.05) is 24.3 Å². The summed E-state index contributed by atoms with van der Waals surface area (Å²) in [6.45, 7) is 4.86. The molecule has 1 aliphatic heterocycles. The first-order valence-electron chi connectivity index (χ1n) is 6.26. The number of nitrogens with zero attached hydrogens (tertiary/aromatic N) is 1. The first kappa shape index (κ1) is 12.0. The average Bonchev–Trinajstić information content (AvgIpc) is 2.49. The predicted molar refractivity (Wildman–Crippen MR) is 71.1 cm³/mol. The van der Waals surface area contributed by atoms with Crippen LogP contribution < -0.4 is 10.6 Å². The van der Waals surface area contributed by atoms with Crippen molar-refractivity contribution >= 4 is 17.3 Å². The van der Waals surface area contributed by atoms with Crippen LogP contribution in [0.1, 0.15) is 36.8 Å². The third-order valence-electron chi connectivity index (χ3n) is 3.45. The molecule has 2 rings (SSSR count). The molecule has 0 spiro atoms. The van der Waals surface area contributed by atoms with E-state index in [1.54, 1.807) is 0 Å². The van der Waals surface area contributed by atoms with Crippen molar-refractivity contribution in [3.05, 3.63) is 23.3 Å². The number of benzene rings is 1. The van der Waals surface area contributed by atoms with Crippen LogP contribution in [0.15, 0.2) is 12.1 Å². The normalized spacial score (nSPS) is 17.1. The number of anilines is 2. The van der Waals surface area contributed by atoms with Crippen LogP contribution in [0, 0.1) is 13.8 Å². The smallest absolute Gasteiger partial charge is 0.226 e. The average molecular weight is 232 g/mol. The maximum atomic E-state index is 12.0. The SMILES string of the molecule is Cc1cc(C)c(N2CCCCCC2=O)cc1N. The lowest BCUT2D eigenvalue weighted by Gasteiger charge is -2.23. The molecule has 0 atom stereocenters. The van der Waals surface area contributed by atoms with E-state index >= 15 is 0 Å². The van der Waals surface area contributed by atoms with Gasteiger partial charge in [0.1, 0.15) is 0 Å². The molecule has 1 aromatic rings. The van der Waals surface area contributed by atoms with Gasteiger partial charge in [0.25, 0.3) is 0 Å². The zero-order valence-electron chi connectivity index (χ0n) is 10.6. The monoisotopic (exact) mass is 232 g/mol.